The van der Waals surface area contributed by atoms with E-state index in [2.05, 4.69) is 4.98 Å². The lowest BCUT2D eigenvalue weighted by molar-refractivity contribution is -0.108. The number of fused-ring (bicyclic) bond motifs is 1. The zero-order valence-electron chi connectivity index (χ0n) is 9.78. The summed E-state index contributed by atoms with van der Waals surface area (Å²) in [7, 11) is 3.17. The van der Waals surface area contributed by atoms with Gasteiger partial charge in [0, 0.05) is 25.3 Å². The molecule has 1 aromatic carbocycles. The molecule has 0 spiro atoms. The van der Waals surface area contributed by atoms with Gasteiger partial charge in [-0.25, -0.2) is 0 Å². The van der Waals surface area contributed by atoms with Crippen LogP contribution in [0.1, 0.15) is 17.5 Å². The SMILES string of the molecule is COC(OC)c1cc2ccc(C(=N)N)cc2[nH]1. The molecule has 0 bridgehead atoms. The van der Waals surface area contributed by atoms with Gasteiger partial charge in [0.1, 0.15) is 5.84 Å². The van der Waals surface area contributed by atoms with E-state index in [0.29, 0.717) is 5.56 Å². The van der Waals surface area contributed by atoms with Crippen molar-refractivity contribution in [2.45, 2.75) is 6.29 Å². The molecule has 17 heavy (non-hydrogen) atoms. The highest BCUT2D eigenvalue weighted by molar-refractivity contribution is 5.98. The molecule has 90 valence electrons. The lowest BCUT2D eigenvalue weighted by Gasteiger charge is -2.10. The van der Waals surface area contributed by atoms with Crippen LogP contribution in [0.25, 0.3) is 10.9 Å². The Labute approximate surface area is 99.0 Å². The van der Waals surface area contributed by atoms with Gasteiger partial charge in [0.15, 0.2) is 6.29 Å². The maximum Gasteiger partial charge on any atom is 0.198 e. The highest BCUT2D eigenvalue weighted by Crippen LogP contribution is 2.23. The molecule has 0 aliphatic carbocycles. The summed E-state index contributed by atoms with van der Waals surface area (Å²) in [4.78, 5) is 3.19. The molecule has 4 N–H and O–H groups in total. The van der Waals surface area contributed by atoms with Crippen LogP contribution in [0.2, 0.25) is 0 Å². The van der Waals surface area contributed by atoms with E-state index in [9.17, 15) is 0 Å². The van der Waals surface area contributed by atoms with Gasteiger partial charge >= 0.3 is 0 Å². The van der Waals surface area contributed by atoms with Crippen molar-refractivity contribution in [1.82, 2.24) is 4.98 Å². The van der Waals surface area contributed by atoms with Crippen molar-refractivity contribution in [2.24, 2.45) is 5.73 Å². The summed E-state index contributed by atoms with van der Waals surface area (Å²) in [6.07, 6.45) is -0.414. The first kappa shape index (κ1) is 11.6. The third-order valence-corrected chi connectivity index (χ3v) is 2.64. The third kappa shape index (κ3) is 2.15. The summed E-state index contributed by atoms with van der Waals surface area (Å²) in [5, 5.41) is 8.42. The molecule has 0 saturated heterocycles. The number of amidine groups is 1. The average Bonchev–Trinajstić information content (AvgIpc) is 2.72. The summed E-state index contributed by atoms with van der Waals surface area (Å²) >= 11 is 0. The highest BCUT2D eigenvalue weighted by Gasteiger charge is 2.12. The summed E-state index contributed by atoms with van der Waals surface area (Å²) in [5.41, 5.74) is 7.88. The van der Waals surface area contributed by atoms with Crippen molar-refractivity contribution in [2.75, 3.05) is 14.2 Å². The molecule has 2 aromatic rings. The van der Waals surface area contributed by atoms with E-state index in [1.165, 1.54) is 0 Å². The predicted octanol–water partition coefficient (Wildman–Crippen LogP) is 1.74. The number of nitrogens with two attached hydrogens (primary N) is 1. The number of H-pyrrole nitrogens is 1. The number of benzene rings is 1. The van der Waals surface area contributed by atoms with E-state index in [4.69, 9.17) is 20.6 Å². The molecular formula is C12H15N3O2. The molecule has 0 fully saturated rings. The standard InChI is InChI=1S/C12H15N3O2/c1-16-12(17-2)10-5-7-3-4-8(11(13)14)6-9(7)15-10/h3-6,12,15H,1-2H3,(H3,13,14). The van der Waals surface area contributed by atoms with Gasteiger partial charge in [0.05, 0.1) is 5.69 Å². The number of rotatable bonds is 4. The quantitative estimate of drug-likeness (QED) is 0.427. The lowest BCUT2D eigenvalue weighted by atomic mass is 10.1. The molecule has 5 nitrogen and oxygen atoms in total. The second kappa shape index (κ2) is 4.57. The van der Waals surface area contributed by atoms with Gasteiger partial charge in [-0.05, 0) is 17.5 Å². The van der Waals surface area contributed by atoms with Crippen LogP contribution in [0.5, 0.6) is 0 Å². The van der Waals surface area contributed by atoms with Crippen LogP contribution in [0, 0.1) is 5.41 Å². The van der Waals surface area contributed by atoms with Crippen molar-refractivity contribution < 1.29 is 9.47 Å². The smallest absolute Gasteiger partial charge is 0.198 e. The average molecular weight is 233 g/mol. The maximum absolute atomic E-state index is 7.39. The van der Waals surface area contributed by atoms with Gasteiger partial charge in [-0.3, -0.25) is 5.41 Å². The Morgan fingerprint density at radius 1 is 1.29 bits per heavy atom. The Bertz CT molecular complexity index is 544. The molecule has 0 amide bonds. The number of ether oxygens (including phenoxy) is 2. The normalized spacial score (nSPS) is 11.2. The molecule has 1 aromatic heterocycles. The number of aromatic amines is 1. The second-order valence-corrected chi connectivity index (χ2v) is 3.74. The maximum atomic E-state index is 7.39. The van der Waals surface area contributed by atoms with E-state index in [1.807, 2.05) is 24.3 Å². The Hall–Kier alpha value is -1.85. The highest BCUT2D eigenvalue weighted by atomic mass is 16.7. The molecule has 5 heteroatoms. The molecule has 0 atom stereocenters. The van der Waals surface area contributed by atoms with Crippen LogP contribution < -0.4 is 5.73 Å². The largest absolute Gasteiger partial charge is 0.384 e. The van der Waals surface area contributed by atoms with Crippen LogP contribution in [-0.4, -0.2) is 25.0 Å². The number of methoxy groups -OCH3 is 2. The Morgan fingerprint density at radius 3 is 2.59 bits per heavy atom. The Kier molecular flexibility index (Phi) is 3.12. The van der Waals surface area contributed by atoms with Crippen molar-refractivity contribution in [1.29, 1.82) is 5.41 Å². The van der Waals surface area contributed by atoms with Crippen LogP contribution in [0.15, 0.2) is 24.3 Å². The molecule has 2 rings (SSSR count). The molecule has 0 unspecified atom stereocenters. The number of hydrogen-bond donors (Lipinski definition) is 3. The third-order valence-electron chi connectivity index (χ3n) is 2.64. The summed E-state index contributed by atoms with van der Waals surface area (Å²) in [6, 6.07) is 7.52. The zero-order chi connectivity index (χ0) is 12.4. The number of hydrogen-bond acceptors (Lipinski definition) is 3. The number of aromatic nitrogens is 1. The first-order chi connectivity index (χ1) is 8.15. The Morgan fingerprint density at radius 2 is 2.00 bits per heavy atom. The summed E-state index contributed by atoms with van der Waals surface area (Å²) < 4.78 is 10.3. The van der Waals surface area contributed by atoms with Gasteiger partial charge in [-0.2, -0.15) is 0 Å². The van der Waals surface area contributed by atoms with Crippen molar-refractivity contribution in [3.05, 3.63) is 35.5 Å². The van der Waals surface area contributed by atoms with E-state index in [-0.39, 0.29) is 5.84 Å². The number of nitrogens with one attached hydrogen (secondary N) is 2. The van der Waals surface area contributed by atoms with Gasteiger partial charge in [-0.1, -0.05) is 12.1 Å². The van der Waals surface area contributed by atoms with Gasteiger partial charge in [0.2, 0.25) is 0 Å². The van der Waals surface area contributed by atoms with Crippen molar-refractivity contribution in [3.63, 3.8) is 0 Å². The monoisotopic (exact) mass is 233 g/mol. The van der Waals surface area contributed by atoms with E-state index >= 15 is 0 Å². The van der Waals surface area contributed by atoms with Gasteiger partial charge in [-0.15, -0.1) is 0 Å². The zero-order valence-corrected chi connectivity index (χ0v) is 9.78. The predicted molar refractivity (Wildman–Crippen MR) is 66.1 cm³/mol. The summed E-state index contributed by atoms with van der Waals surface area (Å²) in [6.45, 7) is 0. The molecule has 0 aliphatic rings. The first-order valence-corrected chi connectivity index (χ1v) is 5.18. The fourth-order valence-corrected chi connectivity index (χ4v) is 1.79. The molecule has 1 heterocycles. The molecule has 0 saturated carbocycles. The fourth-order valence-electron chi connectivity index (χ4n) is 1.79. The van der Waals surface area contributed by atoms with E-state index in [1.54, 1.807) is 14.2 Å². The van der Waals surface area contributed by atoms with Gasteiger partial charge in [0.25, 0.3) is 0 Å². The fraction of sp³-hybridized carbons (Fsp3) is 0.250. The minimum atomic E-state index is -0.414. The van der Waals surface area contributed by atoms with E-state index < -0.39 is 6.29 Å². The van der Waals surface area contributed by atoms with E-state index in [0.717, 1.165) is 16.6 Å². The molecular weight excluding hydrogens is 218 g/mol. The number of nitrogen functional groups attached to an aromatic ring is 1. The topological polar surface area (TPSA) is 84.1 Å². The van der Waals surface area contributed by atoms with Crippen LogP contribution in [-0.2, 0) is 9.47 Å². The molecule has 0 radical (unpaired) electrons. The van der Waals surface area contributed by atoms with Crippen LogP contribution in [0.3, 0.4) is 0 Å². The van der Waals surface area contributed by atoms with Crippen LogP contribution >= 0.6 is 0 Å². The molecule has 0 aliphatic heterocycles. The van der Waals surface area contributed by atoms with Gasteiger partial charge < -0.3 is 20.2 Å². The minimum Gasteiger partial charge on any atom is -0.384 e. The lowest BCUT2D eigenvalue weighted by Crippen LogP contribution is -2.10. The van der Waals surface area contributed by atoms with Crippen LogP contribution in [0.4, 0.5) is 0 Å². The first-order valence-electron chi connectivity index (χ1n) is 5.18. The second-order valence-electron chi connectivity index (χ2n) is 3.74. The Balaban J connectivity index is 2.46. The summed E-state index contributed by atoms with van der Waals surface area (Å²) in [5.74, 6) is 0.0538. The minimum absolute atomic E-state index is 0.0538. The van der Waals surface area contributed by atoms with Crippen molar-refractivity contribution in [3.8, 4) is 0 Å². The van der Waals surface area contributed by atoms with Crippen molar-refractivity contribution >= 4 is 16.7 Å².